The molecule has 3 aliphatic rings. The Balaban J connectivity index is 0.00000147. The topological polar surface area (TPSA) is 75.4 Å². The lowest BCUT2D eigenvalue weighted by molar-refractivity contribution is -0.136. The molecular formula is C14H24ClN3O2. The molecule has 6 heteroatoms. The second kappa shape index (κ2) is 6.31. The fourth-order valence-electron chi connectivity index (χ4n) is 3.90. The number of piperidine rings is 1. The molecule has 0 bridgehead atoms. The van der Waals surface area contributed by atoms with Crippen molar-refractivity contribution in [2.45, 2.75) is 38.1 Å². The number of nitrogens with one attached hydrogen (secondary N) is 1. The van der Waals surface area contributed by atoms with E-state index in [1.165, 1.54) is 12.8 Å². The van der Waals surface area contributed by atoms with Crippen LogP contribution in [0.2, 0.25) is 0 Å². The lowest BCUT2D eigenvalue weighted by atomic mass is 9.78. The van der Waals surface area contributed by atoms with Gasteiger partial charge in [0.1, 0.15) is 0 Å². The molecule has 2 saturated heterocycles. The van der Waals surface area contributed by atoms with Crippen LogP contribution in [0, 0.1) is 17.8 Å². The van der Waals surface area contributed by atoms with E-state index in [0.717, 1.165) is 19.5 Å². The molecule has 3 N–H and O–H groups in total. The minimum Gasteiger partial charge on any atom is -0.355 e. The number of hydrogen-bond acceptors (Lipinski definition) is 3. The van der Waals surface area contributed by atoms with Gasteiger partial charge in [-0.1, -0.05) is 6.42 Å². The van der Waals surface area contributed by atoms with Gasteiger partial charge in [0.25, 0.3) is 0 Å². The van der Waals surface area contributed by atoms with Crippen LogP contribution in [-0.4, -0.2) is 42.4 Å². The zero-order valence-corrected chi connectivity index (χ0v) is 12.5. The zero-order chi connectivity index (χ0) is 13.4. The number of likely N-dealkylation sites (tertiary alicyclic amines) is 1. The maximum atomic E-state index is 12.5. The van der Waals surface area contributed by atoms with Gasteiger partial charge in [-0.2, -0.15) is 0 Å². The predicted octanol–water partition coefficient (Wildman–Crippen LogP) is 0.520. The van der Waals surface area contributed by atoms with Crippen LogP contribution in [0.15, 0.2) is 0 Å². The summed E-state index contributed by atoms with van der Waals surface area (Å²) in [7, 11) is 0. The normalized spacial score (nSPS) is 36.9. The van der Waals surface area contributed by atoms with Crippen LogP contribution in [0.4, 0.5) is 0 Å². The Morgan fingerprint density at radius 3 is 2.70 bits per heavy atom. The molecule has 2 heterocycles. The number of amides is 2. The Kier molecular flexibility index (Phi) is 4.91. The monoisotopic (exact) mass is 301 g/mol. The van der Waals surface area contributed by atoms with Crippen LogP contribution in [0.5, 0.6) is 0 Å². The number of nitrogens with two attached hydrogens (primary N) is 1. The summed E-state index contributed by atoms with van der Waals surface area (Å²) >= 11 is 0. The van der Waals surface area contributed by atoms with Crippen molar-refractivity contribution in [3.05, 3.63) is 0 Å². The Hall–Kier alpha value is -0.810. The molecule has 0 aromatic heterocycles. The summed E-state index contributed by atoms with van der Waals surface area (Å²) in [4.78, 5) is 25.6. The van der Waals surface area contributed by atoms with Gasteiger partial charge in [-0.15, -0.1) is 12.4 Å². The molecule has 0 spiro atoms. The van der Waals surface area contributed by atoms with E-state index in [4.69, 9.17) is 5.73 Å². The van der Waals surface area contributed by atoms with Crippen molar-refractivity contribution in [2.24, 2.45) is 23.5 Å². The summed E-state index contributed by atoms with van der Waals surface area (Å²) in [5.41, 5.74) is 6.18. The fourth-order valence-corrected chi connectivity index (χ4v) is 3.90. The maximum absolute atomic E-state index is 12.5. The van der Waals surface area contributed by atoms with E-state index in [1.54, 1.807) is 0 Å². The van der Waals surface area contributed by atoms with Crippen LogP contribution in [0.1, 0.15) is 32.1 Å². The van der Waals surface area contributed by atoms with E-state index in [2.05, 4.69) is 5.32 Å². The Morgan fingerprint density at radius 2 is 2.05 bits per heavy atom. The molecule has 1 saturated carbocycles. The zero-order valence-electron chi connectivity index (χ0n) is 11.7. The SMILES string of the molecule is Cl.NC1CCCC2CN(C(=O)C3CCC(=O)NC3)CC12. The fraction of sp³-hybridized carbons (Fsp3) is 0.857. The van der Waals surface area contributed by atoms with Gasteiger partial charge in [-0.25, -0.2) is 0 Å². The molecule has 3 rings (SSSR count). The smallest absolute Gasteiger partial charge is 0.227 e. The summed E-state index contributed by atoms with van der Waals surface area (Å²) in [6.45, 7) is 2.21. The molecule has 114 valence electrons. The van der Waals surface area contributed by atoms with Gasteiger partial charge in [0.15, 0.2) is 0 Å². The average molecular weight is 302 g/mol. The van der Waals surface area contributed by atoms with Gasteiger partial charge in [0.2, 0.25) is 11.8 Å². The van der Waals surface area contributed by atoms with E-state index >= 15 is 0 Å². The quantitative estimate of drug-likeness (QED) is 0.741. The molecule has 4 unspecified atom stereocenters. The first-order chi connectivity index (χ1) is 9.15. The van der Waals surface area contributed by atoms with Crippen LogP contribution in [0.25, 0.3) is 0 Å². The minimum absolute atomic E-state index is 0. The van der Waals surface area contributed by atoms with Crippen LogP contribution >= 0.6 is 12.4 Å². The highest BCUT2D eigenvalue weighted by Crippen LogP contribution is 2.36. The second-order valence-corrected chi connectivity index (χ2v) is 6.30. The van der Waals surface area contributed by atoms with E-state index < -0.39 is 0 Å². The highest BCUT2D eigenvalue weighted by atomic mass is 35.5. The average Bonchev–Trinajstić information content (AvgIpc) is 2.84. The predicted molar refractivity (Wildman–Crippen MR) is 78.4 cm³/mol. The van der Waals surface area contributed by atoms with Gasteiger partial charge in [0, 0.05) is 32.1 Å². The van der Waals surface area contributed by atoms with Crippen molar-refractivity contribution in [2.75, 3.05) is 19.6 Å². The summed E-state index contributed by atoms with van der Waals surface area (Å²) in [6, 6.07) is 0.266. The molecule has 0 aromatic rings. The maximum Gasteiger partial charge on any atom is 0.227 e. The van der Waals surface area contributed by atoms with E-state index in [-0.39, 0.29) is 36.2 Å². The van der Waals surface area contributed by atoms with Crippen molar-refractivity contribution < 1.29 is 9.59 Å². The van der Waals surface area contributed by atoms with Crippen molar-refractivity contribution >= 4 is 24.2 Å². The molecule has 2 amide bonds. The van der Waals surface area contributed by atoms with Crippen LogP contribution in [-0.2, 0) is 9.59 Å². The second-order valence-electron chi connectivity index (χ2n) is 6.30. The summed E-state index contributed by atoms with van der Waals surface area (Å²) in [6.07, 6.45) is 4.69. The molecule has 3 fully saturated rings. The van der Waals surface area contributed by atoms with Gasteiger partial charge in [0.05, 0.1) is 5.92 Å². The minimum atomic E-state index is -0.0194. The molecule has 0 aromatic carbocycles. The Morgan fingerprint density at radius 1 is 1.25 bits per heavy atom. The van der Waals surface area contributed by atoms with Crippen molar-refractivity contribution in [3.8, 4) is 0 Å². The third-order valence-corrected chi connectivity index (χ3v) is 5.08. The molecule has 2 aliphatic heterocycles. The highest BCUT2D eigenvalue weighted by molar-refractivity contribution is 5.85. The lowest BCUT2D eigenvalue weighted by Crippen LogP contribution is -2.44. The standard InChI is InChI=1S/C14H23N3O2.ClH/c15-12-3-1-2-10-7-17(8-11(10)12)14(19)9-4-5-13(18)16-6-9;/h9-12H,1-8,15H2,(H,16,18);1H. The molecule has 4 atom stereocenters. The first kappa shape index (κ1) is 15.6. The van der Waals surface area contributed by atoms with Crippen LogP contribution in [0.3, 0.4) is 0 Å². The van der Waals surface area contributed by atoms with Crippen molar-refractivity contribution in [1.29, 1.82) is 0 Å². The largest absolute Gasteiger partial charge is 0.355 e. The first-order valence-electron chi connectivity index (χ1n) is 7.46. The lowest BCUT2D eigenvalue weighted by Gasteiger charge is -2.29. The number of carbonyl (C=O) groups is 2. The third kappa shape index (κ3) is 2.93. The van der Waals surface area contributed by atoms with E-state index in [1.807, 2.05) is 4.90 Å². The van der Waals surface area contributed by atoms with Gasteiger partial charge >= 0.3 is 0 Å². The number of hydrogen-bond donors (Lipinski definition) is 2. The summed E-state index contributed by atoms with van der Waals surface area (Å²) in [5.74, 6) is 1.37. The Bertz CT molecular complexity index is 381. The van der Waals surface area contributed by atoms with Gasteiger partial charge in [-0.05, 0) is 31.1 Å². The molecule has 0 radical (unpaired) electrons. The van der Waals surface area contributed by atoms with Crippen LogP contribution < -0.4 is 11.1 Å². The number of carbonyl (C=O) groups excluding carboxylic acids is 2. The summed E-state index contributed by atoms with van der Waals surface area (Å²) < 4.78 is 0. The summed E-state index contributed by atoms with van der Waals surface area (Å²) in [5, 5.41) is 2.80. The highest BCUT2D eigenvalue weighted by Gasteiger charge is 2.42. The molecule has 1 aliphatic carbocycles. The number of halogens is 1. The van der Waals surface area contributed by atoms with E-state index in [9.17, 15) is 9.59 Å². The number of rotatable bonds is 1. The van der Waals surface area contributed by atoms with Gasteiger partial charge < -0.3 is 16.0 Å². The first-order valence-corrected chi connectivity index (χ1v) is 7.46. The number of nitrogens with zero attached hydrogens (tertiary/aromatic N) is 1. The van der Waals surface area contributed by atoms with Gasteiger partial charge in [-0.3, -0.25) is 9.59 Å². The van der Waals surface area contributed by atoms with Crippen molar-refractivity contribution in [3.63, 3.8) is 0 Å². The molecular weight excluding hydrogens is 278 g/mol. The Labute approximate surface area is 126 Å². The van der Waals surface area contributed by atoms with E-state index in [0.29, 0.717) is 31.2 Å². The molecule has 20 heavy (non-hydrogen) atoms. The van der Waals surface area contributed by atoms with Crippen molar-refractivity contribution in [1.82, 2.24) is 10.2 Å². The number of fused-ring (bicyclic) bond motifs is 1. The molecule has 5 nitrogen and oxygen atoms in total. The third-order valence-electron chi connectivity index (χ3n) is 5.08.